The first-order valence-corrected chi connectivity index (χ1v) is 5.66. The Morgan fingerprint density at radius 1 is 1.41 bits per heavy atom. The van der Waals surface area contributed by atoms with E-state index in [1.807, 2.05) is 37.3 Å². The van der Waals surface area contributed by atoms with Gasteiger partial charge in [-0.1, -0.05) is 48.8 Å². The van der Waals surface area contributed by atoms with E-state index in [0.717, 1.165) is 12.0 Å². The Labute approximate surface area is 99.2 Å². The van der Waals surface area contributed by atoms with Crippen molar-refractivity contribution in [2.45, 2.75) is 31.9 Å². The normalized spacial score (nSPS) is 23.0. The summed E-state index contributed by atoms with van der Waals surface area (Å²) in [7, 11) is 0. The molecule has 0 saturated heterocycles. The Hall–Kier alpha value is -1.91. The molecule has 1 aromatic rings. The molecule has 17 heavy (non-hydrogen) atoms. The highest BCUT2D eigenvalue weighted by atomic mass is 16.7. The van der Waals surface area contributed by atoms with Crippen LogP contribution in [-0.2, 0) is 4.84 Å². The first kappa shape index (κ1) is 11.6. The third-order valence-electron chi connectivity index (χ3n) is 2.79. The fourth-order valence-corrected chi connectivity index (χ4v) is 1.98. The summed E-state index contributed by atoms with van der Waals surface area (Å²) in [4.78, 5) is 16.0. The van der Waals surface area contributed by atoms with Gasteiger partial charge in [-0.05, 0) is 6.42 Å². The Morgan fingerprint density at radius 2 is 2.12 bits per heavy atom. The van der Waals surface area contributed by atoms with Crippen molar-refractivity contribution < 1.29 is 9.76 Å². The van der Waals surface area contributed by atoms with Crippen LogP contribution in [0.3, 0.4) is 0 Å². The van der Waals surface area contributed by atoms with Crippen LogP contribution in [0.15, 0.2) is 35.5 Å². The van der Waals surface area contributed by atoms with E-state index in [2.05, 4.69) is 5.16 Å². The zero-order valence-electron chi connectivity index (χ0n) is 9.57. The van der Waals surface area contributed by atoms with E-state index in [1.165, 1.54) is 0 Å². The molecule has 1 aromatic carbocycles. The highest BCUT2D eigenvalue weighted by Gasteiger charge is 2.43. The van der Waals surface area contributed by atoms with E-state index in [0.29, 0.717) is 12.1 Å². The maximum atomic E-state index is 11.1. The summed E-state index contributed by atoms with van der Waals surface area (Å²) in [6, 6.07) is 8.31. The van der Waals surface area contributed by atoms with Gasteiger partial charge in [-0.25, -0.2) is 0 Å². The van der Waals surface area contributed by atoms with Crippen LogP contribution < -0.4 is 0 Å². The third-order valence-corrected chi connectivity index (χ3v) is 2.79. The van der Waals surface area contributed by atoms with E-state index in [4.69, 9.17) is 4.84 Å². The molecule has 1 aliphatic heterocycles. The summed E-state index contributed by atoms with van der Waals surface area (Å²) in [6.45, 7) is 1.97. The van der Waals surface area contributed by atoms with Crippen LogP contribution in [0.4, 0.5) is 0 Å². The first-order valence-electron chi connectivity index (χ1n) is 5.66. The van der Waals surface area contributed by atoms with Crippen molar-refractivity contribution in [1.82, 2.24) is 0 Å². The van der Waals surface area contributed by atoms with Crippen molar-refractivity contribution in [2.24, 2.45) is 5.16 Å². The monoisotopic (exact) mass is 234 g/mol. The molecule has 0 saturated carbocycles. The van der Waals surface area contributed by atoms with E-state index < -0.39 is 12.1 Å². The molecule has 2 rings (SSSR count). The van der Waals surface area contributed by atoms with Gasteiger partial charge in [0.1, 0.15) is 0 Å². The first-order chi connectivity index (χ1) is 8.24. The summed E-state index contributed by atoms with van der Waals surface area (Å²) in [5.74, 6) is 0. The largest absolute Gasteiger partial charge is 0.384 e. The molecule has 0 aliphatic carbocycles. The van der Waals surface area contributed by atoms with Gasteiger partial charge < -0.3 is 4.84 Å². The summed E-state index contributed by atoms with van der Waals surface area (Å²) < 4.78 is 0. The minimum atomic E-state index is -0.850. The molecule has 5 heteroatoms. The molecule has 2 unspecified atom stereocenters. The lowest BCUT2D eigenvalue weighted by molar-refractivity contribution is -0.511. The summed E-state index contributed by atoms with van der Waals surface area (Å²) in [5.41, 5.74) is 1.18. The SMILES string of the molecule is CCCC1ON=C(c2ccccc2)C1[N+](=O)[O-]. The zero-order valence-corrected chi connectivity index (χ0v) is 9.57. The van der Waals surface area contributed by atoms with Crippen LogP contribution >= 0.6 is 0 Å². The molecule has 0 amide bonds. The summed E-state index contributed by atoms with van der Waals surface area (Å²) >= 11 is 0. The van der Waals surface area contributed by atoms with Crippen LogP contribution in [0, 0.1) is 10.1 Å². The van der Waals surface area contributed by atoms with Gasteiger partial charge in [0.2, 0.25) is 0 Å². The second-order valence-corrected chi connectivity index (χ2v) is 4.01. The molecule has 0 radical (unpaired) electrons. The molecule has 1 aliphatic rings. The van der Waals surface area contributed by atoms with Crippen molar-refractivity contribution in [3.05, 3.63) is 46.0 Å². The van der Waals surface area contributed by atoms with Crippen LogP contribution in [-0.4, -0.2) is 22.8 Å². The predicted octanol–water partition coefficient (Wildman–Crippen LogP) is 2.23. The van der Waals surface area contributed by atoms with Gasteiger partial charge >= 0.3 is 0 Å². The van der Waals surface area contributed by atoms with Gasteiger partial charge in [0.25, 0.3) is 6.04 Å². The minimum Gasteiger partial charge on any atom is -0.384 e. The smallest absolute Gasteiger partial charge is 0.297 e. The Bertz CT molecular complexity index is 431. The van der Waals surface area contributed by atoms with Gasteiger partial charge in [0.15, 0.2) is 11.8 Å². The molecule has 0 aromatic heterocycles. The standard InChI is InChI=1S/C12H14N2O3/c1-2-6-10-12(14(15)16)11(13-17-10)9-7-4-3-5-8-9/h3-5,7-8,10,12H,2,6H2,1H3. The Balaban J connectivity index is 2.26. The van der Waals surface area contributed by atoms with Gasteiger partial charge in [-0.2, -0.15) is 0 Å². The number of oxime groups is 1. The lowest BCUT2D eigenvalue weighted by Gasteiger charge is -2.10. The molecule has 0 N–H and O–H groups in total. The van der Waals surface area contributed by atoms with Crippen molar-refractivity contribution in [3.8, 4) is 0 Å². The molecule has 1 heterocycles. The molecule has 2 atom stereocenters. The van der Waals surface area contributed by atoms with Crippen molar-refractivity contribution in [3.63, 3.8) is 0 Å². The van der Waals surface area contributed by atoms with Crippen molar-refractivity contribution in [1.29, 1.82) is 0 Å². The Morgan fingerprint density at radius 3 is 2.71 bits per heavy atom. The highest BCUT2D eigenvalue weighted by Crippen LogP contribution is 2.22. The van der Waals surface area contributed by atoms with Crippen LogP contribution in [0.1, 0.15) is 25.3 Å². The Kier molecular flexibility index (Phi) is 3.37. The number of nitro groups is 1. The number of rotatable bonds is 4. The third kappa shape index (κ3) is 2.27. The van der Waals surface area contributed by atoms with Gasteiger partial charge in [-0.15, -0.1) is 0 Å². The van der Waals surface area contributed by atoms with Crippen LogP contribution in [0.2, 0.25) is 0 Å². The molecule has 0 bridgehead atoms. The fourth-order valence-electron chi connectivity index (χ4n) is 1.98. The maximum absolute atomic E-state index is 11.1. The van der Waals surface area contributed by atoms with E-state index in [9.17, 15) is 10.1 Å². The molecule has 0 spiro atoms. The quantitative estimate of drug-likeness (QED) is 0.592. The summed E-state index contributed by atoms with van der Waals surface area (Å²) in [6.07, 6.45) is 1.04. The summed E-state index contributed by atoms with van der Waals surface area (Å²) in [5, 5.41) is 15.0. The van der Waals surface area contributed by atoms with E-state index in [-0.39, 0.29) is 4.92 Å². The molecule has 90 valence electrons. The molecule has 5 nitrogen and oxygen atoms in total. The second-order valence-electron chi connectivity index (χ2n) is 4.01. The van der Waals surface area contributed by atoms with Gasteiger partial charge in [0, 0.05) is 10.5 Å². The predicted molar refractivity (Wildman–Crippen MR) is 63.5 cm³/mol. The minimum absolute atomic E-state index is 0.306. The van der Waals surface area contributed by atoms with Crippen molar-refractivity contribution in [2.75, 3.05) is 0 Å². The van der Waals surface area contributed by atoms with Gasteiger partial charge in [0.05, 0.1) is 0 Å². The number of hydrogen-bond acceptors (Lipinski definition) is 4. The van der Waals surface area contributed by atoms with Crippen LogP contribution in [0.25, 0.3) is 0 Å². The average Bonchev–Trinajstić information content (AvgIpc) is 2.74. The lowest BCUT2D eigenvalue weighted by Crippen LogP contribution is -2.37. The molecular formula is C12H14N2O3. The van der Waals surface area contributed by atoms with Crippen molar-refractivity contribution >= 4 is 5.71 Å². The van der Waals surface area contributed by atoms with Gasteiger partial charge in [-0.3, -0.25) is 10.1 Å². The van der Waals surface area contributed by atoms with E-state index in [1.54, 1.807) is 0 Å². The average molecular weight is 234 g/mol. The topological polar surface area (TPSA) is 64.7 Å². The zero-order chi connectivity index (χ0) is 12.3. The fraction of sp³-hybridized carbons (Fsp3) is 0.417. The highest BCUT2D eigenvalue weighted by molar-refractivity contribution is 6.04. The van der Waals surface area contributed by atoms with Crippen LogP contribution in [0.5, 0.6) is 0 Å². The maximum Gasteiger partial charge on any atom is 0.297 e. The molecular weight excluding hydrogens is 220 g/mol. The number of hydrogen-bond donors (Lipinski definition) is 0. The molecule has 0 fully saturated rings. The number of benzene rings is 1. The second kappa shape index (κ2) is 4.95. The number of nitrogens with zero attached hydrogens (tertiary/aromatic N) is 2. The lowest BCUT2D eigenvalue weighted by atomic mass is 9.98. The van der Waals surface area contributed by atoms with E-state index >= 15 is 0 Å².